The minimum absolute atomic E-state index is 0.0544. The highest BCUT2D eigenvalue weighted by atomic mass is 32.2. The fourth-order valence-electron chi connectivity index (χ4n) is 3.95. The number of carbonyl (C=O) groups is 1. The third kappa shape index (κ3) is 11.8. The summed E-state index contributed by atoms with van der Waals surface area (Å²) < 4.78 is 53.1. The Morgan fingerprint density at radius 1 is 1.06 bits per heavy atom. The Kier molecular flexibility index (Phi) is 13.9. The van der Waals surface area contributed by atoms with E-state index in [0.717, 1.165) is 24.6 Å². The number of amides is 1. The van der Waals surface area contributed by atoms with Gasteiger partial charge in [-0.2, -0.15) is 0 Å². The van der Waals surface area contributed by atoms with Crippen LogP contribution in [0, 0.1) is 17.6 Å². The van der Waals surface area contributed by atoms with E-state index in [9.17, 15) is 27.1 Å². The van der Waals surface area contributed by atoms with Crippen molar-refractivity contribution in [3.8, 4) is 0 Å². The molecule has 1 amide bonds. The van der Waals surface area contributed by atoms with Crippen molar-refractivity contribution >= 4 is 15.7 Å². The van der Waals surface area contributed by atoms with Crippen molar-refractivity contribution in [1.82, 2.24) is 10.6 Å². The normalized spacial score (nSPS) is 14.8. The van der Waals surface area contributed by atoms with Crippen LogP contribution in [0.1, 0.15) is 65.4 Å². The van der Waals surface area contributed by atoms with Gasteiger partial charge in [0.25, 0.3) is 0 Å². The quantitative estimate of drug-likeness (QED) is 0.235. The third-order valence-electron chi connectivity index (χ3n) is 5.90. The fourth-order valence-corrected chi connectivity index (χ4v) is 6.06. The maximum atomic E-state index is 13.7. The summed E-state index contributed by atoms with van der Waals surface area (Å²) in [5, 5.41) is 15.9. The van der Waals surface area contributed by atoms with Crippen LogP contribution in [-0.2, 0) is 21.1 Å². The molecule has 0 saturated heterocycles. The Bertz CT molecular complexity index is 857. The lowest BCUT2D eigenvalue weighted by molar-refractivity contribution is -0.123. The average Bonchev–Trinajstić information content (AvgIpc) is 2.74. The third-order valence-corrected chi connectivity index (χ3v) is 8.21. The summed E-state index contributed by atoms with van der Waals surface area (Å²) in [4.78, 5) is 12.8. The van der Waals surface area contributed by atoms with Gasteiger partial charge < -0.3 is 21.5 Å². The van der Waals surface area contributed by atoms with Gasteiger partial charge in [0.1, 0.15) is 11.6 Å². The largest absolute Gasteiger partial charge is 0.390 e. The predicted molar refractivity (Wildman–Crippen MR) is 136 cm³/mol. The Morgan fingerprint density at radius 3 is 2.14 bits per heavy atom. The number of benzene rings is 1. The first-order valence-electron chi connectivity index (χ1n) is 12.5. The molecule has 35 heavy (non-hydrogen) atoms. The summed E-state index contributed by atoms with van der Waals surface area (Å²) in [6.45, 7) is 8.74. The molecule has 3 unspecified atom stereocenters. The first-order chi connectivity index (χ1) is 16.4. The fraction of sp³-hybridized carbons (Fsp3) is 0.720. The number of nitrogens with two attached hydrogens (primary N) is 1. The highest BCUT2D eigenvalue weighted by Crippen LogP contribution is 2.17. The van der Waals surface area contributed by atoms with Gasteiger partial charge in [-0.3, -0.25) is 4.79 Å². The van der Waals surface area contributed by atoms with Crippen LogP contribution in [-0.4, -0.2) is 61.7 Å². The van der Waals surface area contributed by atoms with Gasteiger partial charge in [0, 0.05) is 12.6 Å². The second-order valence-corrected chi connectivity index (χ2v) is 12.0. The van der Waals surface area contributed by atoms with Crippen LogP contribution < -0.4 is 16.4 Å². The van der Waals surface area contributed by atoms with Gasteiger partial charge in [0.05, 0.1) is 29.2 Å². The predicted octanol–water partition coefficient (Wildman–Crippen LogP) is 2.70. The molecule has 0 radical (unpaired) electrons. The van der Waals surface area contributed by atoms with E-state index < -0.39 is 56.6 Å². The number of hydrogen-bond acceptors (Lipinski definition) is 6. The molecule has 5 N–H and O–H groups in total. The van der Waals surface area contributed by atoms with Crippen molar-refractivity contribution in [2.24, 2.45) is 11.7 Å². The summed E-state index contributed by atoms with van der Waals surface area (Å²) >= 11 is 0. The maximum Gasteiger partial charge on any atom is 0.238 e. The molecule has 0 bridgehead atoms. The van der Waals surface area contributed by atoms with Crippen molar-refractivity contribution in [2.75, 3.05) is 18.8 Å². The molecule has 0 spiro atoms. The van der Waals surface area contributed by atoms with Crippen molar-refractivity contribution in [2.45, 2.75) is 89.7 Å². The Morgan fingerprint density at radius 2 is 1.63 bits per heavy atom. The summed E-state index contributed by atoms with van der Waals surface area (Å²) in [5.41, 5.74) is 6.22. The molecule has 0 heterocycles. The van der Waals surface area contributed by atoms with Crippen molar-refractivity contribution in [3.63, 3.8) is 0 Å². The van der Waals surface area contributed by atoms with Crippen LogP contribution in [0.4, 0.5) is 8.78 Å². The molecule has 1 aromatic rings. The van der Waals surface area contributed by atoms with Crippen LogP contribution in [0.15, 0.2) is 18.2 Å². The summed E-state index contributed by atoms with van der Waals surface area (Å²) in [5.74, 6) is -2.31. The van der Waals surface area contributed by atoms with Crippen LogP contribution in [0.5, 0.6) is 0 Å². The summed E-state index contributed by atoms with van der Waals surface area (Å²) in [7, 11) is -3.60. The van der Waals surface area contributed by atoms with Crippen LogP contribution >= 0.6 is 0 Å². The smallest absolute Gasteiger partial charge is 0.238 e. The molecule has 0 fully saturated rings. The highest BCUT2D eigenvalue weighted by molar-refractivity contribution is 7.92. The zero-order valence-electron chi connectivity index (χ0n) is 21.4. The number of nitrogens with one attached hydrogen (secondary N) is 2. The van der Waals surface area contributed by atoms with Gasteiger partial charge in [-0.15, -0.1) is 0 Å². The summed E-state index contributed by atoms with van der Waals surface area (Å²) in [6.07, 6.45) is 2.15. The van der Waals surface area contributed by atoms with E-state index in [0.29, 0.717) is 38.1 Å². The molecule has 0 aliphatic carbocycles. The molecule has 0 aliphatic heterocycles. The standard InChI is InChI=1S/C25H43F2N3O4S/c1-5-7-21(8-6-2)35(33,34)16-22(28)25(32)30-23(24(31)15-29-10-9-17(3)4)13-18-11-19(26)14-20(27)12-18/h11-12,14,17,21-24,29,31H,5-10,13,15-16,28H2,1-4H3,(H,30,32). The zero-order chi connectivity index (χ0) is 26.6. The molecule has 0 saturated carbocycles. The van der Waals surface area contributed by atoms with Crippen molar-refractivity contribution < 1.29 is 27.1 Å². The number of aliphatic hydroxyl groups is 1. The average molecular weight is 520 g/mol. The van der Waals surface area contributed by atoms with Gasteiger partial charge in [0.15, 0.2) is 9.84 Å². The minimum Gasteiger partial charge on any atom is -0.390 e. The minimum atomic E-state index is -3.60. The molecule has 1 rings (SSSR count). The summed E-state index contributed by atoms with van der Waals surface area (Å²) in [6, 6.07) is 0.748. The Labute approximate surface area is 209 Å². The number of halogens is 2. The molecule has 7 nitrogen and oxygen atoms in total. The lowest BCUT2D eigenvalue weighted by atomic mass is 10.00. The molecular formula is C25H43F2N3O4S. The highest BCUT2D eigenvalue weighted by Gasteiger charge is 2.31. The van der Waals surface area contributed by atoms with Gasteiger partial charge in [-0.25, -0.2) is 17.2 Å². The lowest BCUT2D eigenvalue weighted by Gasteiger charge is -2.27. The lowest BCUT2D eigenvalue weighted by Crippen LogP contribution is -2.54. The molecule has 1 aromatic carbocycles. The van der Waals surface area contributed by atoms with E-state index in [1.54, 1.807) is 0 Å². The van der Waals surface area contributed by atoms with E-state index in [1.165, 1.54) is 0 Å². The number of carbonyl (C=O) groups excluding carboxylic acids is 1. The number of sulfone groups is 1. The van der Waals surface area contributed by atoms with Crippen LogP contribution in [0.2, 0.25) is 0 Å². The molecule has 3 atom stereocenters. The van der Waals surface area contributed by atoms with Crippen LogP contribution in [0.25, 0.3) is 0 Å². The SMILES string of the molecule is CCCC(CCC)S(=O)(=O)CC(N)C(=O)NC(Cc1cc(F)cc(F)c1)C(O)CNCCC(C)C. The first-order valence-corrected chi connectivity index (χ1v) is 14.2. The van der Waals surface area contributed by atoms with E-state index in [-0.39, 0.29) is 18.5 Å². The number of rotatable bonds is 17. The molecule has 0 aromatic heterocycles. The second-order valence-electron chi connectivity index (χ2n) is 9.69. The monoisotopic (exact) mass is 519 g/mol. The Hall–Kier alpha value is -1.62. The molecule has 10 heteroatoms. The number of aliphatic hydroxyl groups excluding tert-OH is 1. The topological polar surface area (TPSA) is 122 Å². The molecule has 202 valence electrons. The maximum absolute atomic E-state index is 13.7. The second kappa shape index (κ2) is 15.5. The number of hydrogen-bond donors (Lipinski definition) is 4. The van der Waals surface area contributed by atoms with Gasteiger partial charge >= 0.3 is 0 Å². The van der Waals surface area contributed by atoms with Gasteiger partial charge in [-0.05, 0) is 55.8 Å². The van der Waals surface area contributed by atoms with Gasteiger partial charge in [0.2, 0.25) is 5.91 Å². The van der Waals surface area contributed by atoms with E-state index >= 15 is 0 Å². The van der Waals surface area contributed by atoms with Gasteiger partial charge in [-0.1, -0.05) is 40.5 Å². The van der Waals surface area contributed by atoms with Crippen molar-refractivity contribution in [3.05, 3.63) is 35.4 Å². The van der Waals surface area contributed by atoms with E-state index in [2.05, 4.69) is 24.5 Å². The first kappa shape index (κ1) is 31.4. The zero-order valence-corrected chi connectivity index (χ0v) is 22.2. The Balaban J connectivity index is 2.95. The molecule has 0 aliphatic rings. The van der Waals surface area contributed by atoms with E-state index in [4.69, 9.17) is 5.73 Å². The van der Waals surface area contributed by atoms with Crippen molar-refractivity contribution in [1.29, 1.82) is 0 Å². The van der Waals surface area contributed by atoms with E-state index in [1.807, 2.05) is 13.8 Å². The van der Waals surface area contributed by atoms with Crippen LogP contribution in [0.3, 0.4) is 0 Å². The molecular weight excluding hydrogens is 476 g/mol.